The highest BCUT2D eigenvalue weighted by Gasteiger charge is 2.33. The molecule has 3 N–H and O–H groups in total. The van der Waals surface area contributed by atoms with Crippen molar-refractivity contribution < 1.29 is 14.4 Å². The van der Waals surface area contributed by atoms with Crippen LogP contribution < -0.4 is 16.7 Å². The van der Waals surface area contributed by atoms with Crippen LogP contribution in [-0.2, 0) is 30.2 Å². The molecule has 4 saturated heterocycles. The maximum atomic E-state index is 13.7. The molecule has 6 aromatic rings. The van der Waals surface area contributed by atoms with Gasteiger partial charge in [0.2, 0.25) is 11.8 Å². The zero-order valence-electron chi connectivity index (χ0n) is 39.2. The fraction of sp³-hybridized carbons (Fsp3) is 0.462. The van der Waals surface area contributed by atoms with E-state index in [9.17, 15) is 19.2 Å². The highest BCUT2D eigenvalue weighted by atomic mass is 16.2. The van der Waals surface area contributed by atoms with Crippen molar-refractivity contribution in [1.82, 2.24) is 48.6 Å². The minimum Gasteiger partial charge on any atom is -0.384 e. The van der Waals surface area contributed by atoms with Crippen molar-refractivity contribution in [2.24, 2.45) is 20.0 Å². The van der Waals surface area contributed by atoms with E-state index in [0.29, 0.717) is 35.6 Å². The third-order valence-corrected chi connectivity index (χ3v) is 15.5. The number of hydrogen-bond donors (Lipinski definition) is 2. The molecule has 3 amide bonds. The van der Waals surface area contributed by atoms with E-state index < -0.39 is 11.9 Å². The van der Waals surface area contributed by atoms with E-state index >= 15 is 0 Å². The summed E-state index contributed by atoms with van der Waals surface area (Å²) in [6.07, 6.45) is 8.43. The number of aromatic nitrogens is 5. The number of pyridine rings is 2. The molecule has 15 heteroatoms. The first kappa shape index (κ1) is 44.7. The molecule has 0 aliphatic carbocycles. The molecule has 10 rings (SSSR count). The molecule has 15 nitrogen and oxygen atoms in total. The molecular weight excluding hydrogens is 843 g/mol. The molecular formula is C52H63N11O4. The maximum absolute atomic E-state index is 13.7. The Bertz CT molecular complexity index is 2870. The molecule has 0 saturated carbocycles. The van der Waals surface area contributed by atoms with Crippen LogP contribution in [0.5, 0.6) is 0 Å². The van der Waals surface area contributed by atoms with Crippen LogP contribution in [0.2, 0.25) is 0 Å². The smallest absolute Gasteiger partial charge is 0.329 e. The van der Waals surface area contributed by atoms with Crippen LogP contribution in [0.1, 0.15) is 97.6 Å². The molecule has 4 aliphatic heterocycles. The minimum atomic E-state index is -0.687. The van der Waals surface area contributed by atoms with Gasteiger partial charge in [-0.1, -0.05) is 18.2 Å². The molecule has 1 unspecified atom stereocenters. The molecule has 4 aliphatic rings. The van der Waals surface area contributed by atoms with Crippen molar-refractivity contribution in [1.29, 1.82) is 0 Å². The monoisotopic (exact) mass is 906 g/mol. The van der Waals surface area contributed by atoms with Crippen LogP contribution in [-0.4, -0.2) is 119 Å². The van der Waals surface area contributed by atoms with Gasteiger partial charge in [-0.25, -0.2) is 14.8 Å². The lowest BCUT2D eigenvalue weighted by atomic mass is 9.88. The number of piperidine rings is 3. The van der Waals surface area contributed by atoms with Gasteiger partial charge in [-0.05, 0) is 136 Å². The maximum Gasteiger partial charge on any atom is 0.329 e. The third-order valence-electron chi connectivity index (χ3n) is 15.5. The molecule has 8 heterocycles. The van der Waals surface area contributed by atoms with E-state index in [1.165, 1.54) is 15.8 Å². The van der Waals surface area contributed by atoms with Gasteiger partial charge in [-0.15, -0.1) is 0 Å². The highest BCUT2D eigenvalue weighted by Crippen LogP contribution is 2.36. The van der Waals surface area contributed by atoms with Crippen molar-refractivity contribution in [3.63, 3.8) is 0 Å². The van der Waals surface area contributed by atoms with Crippen LogP contribution in [0.4, 0.5) is 5.82 Å². The molecule has 350 valence electrons. The van der Waals surface area contributed by atoms with E-state index in [1.807, 2.05) is 42.7 Å². The number of piperazine rings is 1. The van der Waals surface area contributed by atoms with Crippen LogP contribution in [0.3, 0.4) is 0 Å². The Morgan fingerprint density at radius 1 is 0.836 bits per heavy atom. The Balaban J connectivity index is 0.680. The second kappa shape index (κ2) is 18.5. The van der Waals surface area contributed by atoms with Crippen LogP contribution in [0.15, 0.2) is 83.9 Å². The predicted octanol–water partition coefficient (Wildman–Crippen LogP) is 5.85. The van der Waals surface area contributed by atoms with Gasteiger partial charge in [-0.3, -0.25) is 43.5 Å². The molecule has 0 bridgehead atoms. The van der Waals surface area contributed by atoms with Gasteiger partial charge in [0.1, 0.15) is 17.5 Å². The number of imide groups is 1. The minimum absolute atomic E-state index is 0.140. The summed E-state index contributed by atoms with van der Waals surface area (Å²) in [4.78, 5) is 70.2. The van der Waals surface area contributed by atoms with E-state index in [0.717, 1.165) is 123 Å². The van der Waals surface area contributed by atoms with Crippen molar-refractivity contribution in [3.8, 4) is 11.1 Å². The van der Waals surface area contributed by atoms with Gasteiger partial charge < -0.3 is 15.2 Å². The Morgan fingerprint density at radius 2 is 1.61 bits per heavy atom. The number of hydrogen-bond acceptors (Lipinski definition) is 10. The fourth-order valence-electron chi connectivity index (χ4n) is 11.5. The third kappa shape index (κ3) is 8.80. The van der Waals surface area contributed by atoms with Gasteiger partial charge in [-0.2, -0.15) is 0 Å². The summed E-state index contributed by atoms with van der Waals surface area (Å²) < 4.78 is 5.37. The lowest BCUT2D eigenvalue weighted by Crippen LogP contribution is -2.53. The van der Waals surface area contributed by atoms with Crippen molar-refractivity contribution >= 4 is 45.6 Å². The summed E-state index contributed by atoms with van der Waals surface area (Å²) in [7, 11) is 3.85. The lowest BCUT2D eigenvalue weighted by molar-refractivity contribution is -0.135. The second-order valence-electron chi connectivity index (χ2n) is 19.6. The number of amides is 3. The average Bonchev–Trinajstić information content (AvgIpc) is 3.81. The Labute approximate surface area is 391 Å². The standard InChI is InChI=1S/C52H63N11O4/c1-33-30-59(31-36-5-11-43-46(27-36)58(4)52(67)63(43)44-12-14-48(64)56-50(44)65)25-26-62(33)32-35-16-21-61(22-17-35)51(66)39-8-6-37(7-9-39)38-18-23-60(24-19-38)34(2)45-28-42-41(15-20-54-49(42)57(45)3)40-10-13-47(53)55-29-40/h5-11,13,15,20,27-29,33-35,38,44H,12,14,16-19,21-26,30-32H2,1-4H3,(H2,53,55)(H,56,64,65)/t33-,34-,44?/m0/s1. The highest BCUT2D eigenvalue weighted by molar-refractivity contribution is 6.00. The SMILES string of the molecule is C[C@H]1CN(Cc2ccc3c(c2)n(C)c(=O)n3C2CCC(=O)NC2=O)CCN1CC1CCN(C(=O)c2ccc(C3CCN([C@@H](C)c4cc5c(-c6ccc(N)nc6)ccnc5n4C)CC3)cc2)CC1. The first-order chi connectivity index (χ1) is 32.4. The first-order valence-corrected chi connectivity index (χ1v) is 24.2. The average molecular weight is 906 g/mol. The van der Waals surface area contributed by atoms with Gasteiger partial charge in [0, 0.05) is 113 Å². The number of benzene rings is 2. The number of carbonyl (C=O) groups excluding carboxylic acids is 3. The molecule has 3 atom stereocenters. The first-order valence-electron chi connectivity index (χ1n) is 24.2. The van der Waals surface area contributed by atoms with E-state index in [2.05, 4.69) is 91.8 Å². The van der Waals surface area contributed by atoms with E-state index in [4.69, 9.17) is 10.7 Å². The number of nitrogens with two attached hydrogens (primary N) is 1. The number of nitrogens with one attached hydrogen (secondary N) is 1. The number of likely N-dealkylation sites (tertiary alicyclic amines) is 2. The molecule has 67 heavy (non-hydrogen) atoms. The Hall–Kier alpha value is -6.16. The van der Waals surface area contributed by atoms with Crippen molar-refractivity contribution in [2.75, 3.05) is 58.1 Å². The summed E-state index contributed by atoms with van der Waals surface area (Å²) in [5, 5.41) is 3.51. The molecule has 4 aromatic heterocycles. The number of nitrogen functional groups attached to an aromatic ring is 1. The Kier molecular flexibility index (Phi) is 12.3. The molecule has 0 radical (unpaired) electrons. The Morgan fingerprint density at radius 3 is 2.33 bits per heavy atom. The zero-order valence-corrected chi connectivity index (χ0v) is 39.2. The molecule has 2 aromatic carbocycles. The van der Waals surface area contributed by atoms with Crippen LogP contribution >= 0.6 is 0 Å². The van der Waals surface area contributed by atoms with Gasteiger partial charge >= 0.3 is 5.69 Å². The van der Waals surface area contributed by atoms with Gasteiger partial charge in [0.25, 0.3) is 5.91 Å². The lowest BCUT2D eigenvalue weighted by Gasteiger charge is -2.42. The summed E-state index contributed by atoms with van der Waals surface area (Å²) in [5.41, 5.74) is 14.7. The summed E-state index contributed by atoms with van der Waals surface area (Å²) in [5.74, 6) is 0.972. The molecule has 0 spiro atoms. The number of fused-ring (bicyclic) bond motifs is 2. The van der Waals surface area contributed by atoms with E-state index in [-0.39, 0.29) is 30.0 Å². The number of imidazole rings is 1. The molecule has 4 fully saturated rings. The number of anilines is 1. The number of rotatable bonds is 10. The topological polar surface area (TPSA) is 160 Å². The second-order valence-corrected chi connectivity index (χ2v) is 19.6. The quantitative estimate of drug-likeness (QED) is 0.160. The van der Waals surface area contributed by atoms with Crippen molar-refractivity contribution in [3.05, 3.63) is 112 Å². The normalized spacial score (nSPS) is 21.3. The van der Waals surface area contributed by atoms with Gasteiger partial charge in [0.15, 0.2) is 0 Å². The largest absolute Gasteiger partial charge is 0.384 e. The van der Waals surface area contributed by atoms with Crippen molar-refractivity contribution in [2.45, 2.75) is 83.0 Å². The predicted molar refractivity (Wildman–Crippen MR) is 260 cm³/mol. The summed E-state index contributed by atoms with van der Waals surface area (Å²) >= 11 is 0. The fourth-order valence-corrected chi connectivity index (χ4v) is 11.5. The number of nitrogens with zero attached hydrogens (tertiary/aromatic N) is 9. The summed E-state index contributed by atoms with van der Waals surface area (Å²) in [6.45, 7) is 12.9. The summed E-state index contributed by atoms with van der Waals surface area (Å²) in [6, 6.07) is 22.7. The zero-order chi connectivity index (χ0) is 46.5. The van der Waals surface area contributed by atoms with E-state index in [1.54, 1.807) is 11.6 Å². The number of aryl methyl sites for hydroxylation is 2. The number of carbonyl (C=O) groups is 3. The van der Waals surface area contributed by atoms with Gasteiger partial charge in [0.05, 0.1) is 11.0 Å². The van der Waals surface area contributed by atoms with Crippen LogP contribution in [0.25, 0.3) is 33.2 Å². The van der Waals surface area contributed by atoms with Crippen LogP contribution in [0, 0.1) is 5.92 Å².